The number of hydrogen-bond donors (Lipinski definition) is 0. The Kier molecular flexibility index (Phi) is 7.65. The molecular weight excluding hydrogens is 262 g/mol. The summed E-state index contributed by atoms with van der Waals surface area (Å²) in [5, 5.41) is 0.195. The maximum Gasteiger partial charge on any atom is 0.258 e. The predicted octanol–water partition coefficient (Wildman–Crippen LogP) is 4.76. The highest BCUT2D eigenvalue weighted by Gasteiger charge is 2.19. The van der Waals surface area contributed by atoms with E-state index in [1.54, 1.807) is 6.07 Å². The molecule has 1 aromatic rings. The Morgan fingerprint density at radius 2 is 1.74 bits per heavy atom. The number of rotatable bonds is 9. The molecule has 0 spiro atoms. The summed E-state index contributed by atoms with van der Waals surface area (Å²) in [5.41, 5.74) is 0.481. The minimum atomic E-state index is -0.00837. The minimum Gasteiger partial charge on any atom is -0.452 e. The number of furan rings is 1. The maximum atomic E-state index is 12.4. The fourth-order valence-corrected chi connectivity index (χ4v) is 2.23. The number of unbranched alkanes of at least 4 members (excludes halogenated alkanes) is 4. The van der Waals surface area contributed by atoms with Crippen molar-refractivity contribution < 1.29 is 9.21 Å². The van der Waals surface area contributed by atoms with E-state index in [1.165, 1.54) is 6.26 Å². The van der Waals surface area contributed by atoms with E-state index in [1.807, 2.05) is 4.90 Å². The Bertz CT molecular complexity index is 366. The Labute approximate surface area is 120 Å². The minimum absolute atomic E-state index is 0.00837. The molecule has 0 saturated heterocycles. The second-order valence-corrected chi connectivity index (χ2v) is 5.16. The van der Waals surface area contributed by atoms with Gasteiger partial charge in [0.15, 0.2) is 0 Å². The van der Waals surface area contributed by atoms with E-state index >= 15 is 0 Å². The van der Waals surface area contributed by atoms with E-state index in [0.717, 1.165) is 51.6 Å². The average molecular weight is 286 g/mol. The topological polar surface area (TPSA) is 33.5 Å². The molecule has 0 radical (unpaired) electrons. The lowest BCUT2D eigenvalue weighted by molar-refractivity contribution is 0.0749. The van der Waals surface area contributed by atoms with Crippen LogP contribution in [0.5, 0.6) is 0 Å². The Balaban J connectivity index is 2.60. The first-order valence-electron chi connectivity index (χ1n) is 7.23. The first-order valence-corrected chi connectivity index (χ1v) is 7.60. The van der Waals surface area contributed by atoms with Gasteiger partial charge >= 0.3 is 0 Å². The molecule has 1 heterocycles. The molecule has 0 atom stereocenters. The van der Waals surface area contributed by atoms with Crippen molar-refractivity contribution in [3.63, 3.8) is 0 Å². The molecule has 0 saturated carbocycles. The van der Waals surface area contributed by atoms with Gasteiger partial charge in [0.25, 0.3) is 5.91 Å². The highest BCUT2D eigenvalue weighted by atomic mass is 35.5. The maximum absolute atomic E-state index is 12.4. The number of amides is 1. The smallest absolute Gasteiger partial charge is 0.258 e. The standard InChI is InChI=1S/C15H24ClNO2/c1-3-5-7-10-17(11-8-6-4-2)15(18)13-9-12-19-14(13)16/h9,12H,3-8,10-11H2,1-2H3. The third kappa shape index (κ3) is 5.27. The fraction of sp³-hybridized carbons (Fsp3) is 0.667. The van der Waals surface area contributed by atoms with Gasteiger partial charge in [0.2, 0.25) is 5.22 Å². The molecule has 0 bridgehead atoms. The predicted molar refractivity (Wildman–Crippen MR) is 78.7 cm³/mol. The largest absolute Gasteiger partial charge is 0.452 e. The Morgan fingerprint density at radius 3 is 2.16 bits per heavy atom. The third-order valence-corrected chi connectivity index (χ3v) is 3.49. The van der Waals surface area contributed by atoms with E-state index < -0.39 is 0 Å². The zero-order chi connectivity index (χ0) is 14.1. The van der Waals surface area contributed by atoms with Gasteiger partial charge < -0.3 is 9.32 Å². The van der Waals surface area contributed by atoms with Gasteiger partial charge in [-0.2, -0.15) is 0 Å². The molecule has 1 rings (SSSR count). The Hall–Kier alpha value is -0.960. The summed E-state index contributed by atoms with van der Waals surface area (Å²) >= 11 is 5.89. The van der Waals surface area contributed by atoms with Crippen LogP contribution in [0.4, 0.5) is 0 Å². The number of carbonyl (C=O) groups excluding carboxylic acids is 1. The van der Waals surface area contributed by atoms with E-state index in [4.69, 9.17) is 16.0 Å². The van der Waals surface area contributed by atoms with Crippen molar-refractivity contribution in [1.29, 1.82) is 0 Å². The molecule has 0 aliphatic rings. The van der Waals surface area contributed by atoms with E-state index in [2.05, 4.69) is 13.8 Å². The lowest BCUT2D eigenvalue weighted by atomic mass is 10.2. The van der Waals surface area contributed by atoms with Crippen LogP contribution in [0.25, 0.3) is 0 Å². The van der Waals surface area contributed by atoms with Gasteiger partial charge in [-0.3, -0.25) is 4.79 Å². The molecule has 0 unspecified atom stereocenters. The van der Waals surface area contributed by atoms with Gasteiger partial charge in [-0.25, -0.2) is 0 Å². The molecule has 0 fully saturated rings. The molecule has 1 aromatic heterocycles. The molecule has 0 aliphatic heterocycles. The number of carbonyl (C=O) groups is 1. The highest BCUT2D eigenvalue weighted by molar-refractivity contribution is 6.32. The Morgan fingerprint density at radius 1 is 1.16 bits per heavy atom. The van der Waals surface area contributed by atoms with Crippen LogP contribution < -0.4 is 0 Å². The van der Waals surface area contributed by atoms with E-state index in [9.17, 15) is 4.79 Å². The van der Waals surface area contributed by atoms with Gasteiger partial charge in [0, 0.05) is 13.1 Å². The van der Waals surface area contributed by atoms with Gasteiger partial charge in [-0.1, -0.05) is 39.5 Å². The van der Waals surface area contributed by atoms with Crippen LogP contribution in [-0.2, 0) is 0 Å². The van der Waals surface area contributed by atoms with Crippen LogP contribution in [0.3, 0.4) is 0 Å². The molecule has 19 heavy (non-hydrogen) atoms. The number of nitrogens with zero attached hydrogens (tertiary/aromatic N) is 1. The van der Waals surface area contributed by atoms with Gasteiger partial charge in [-0.05, 0) is 30.5 Å². The molecule has 3 nitrogen and oxygen atoms in total. The molecule has 0 aromatic carbocycles. The summed E-state index contributed by atoms with van der Waals surface area (Å²) in [6.45, 7) is 5.93. The summed E-state index contributed by atoms with van der Waals surface area (Å²) < 4.78 is 5.01. The number of halogens is 1. The van der Waals surface area contributed by atoms with Crippen molar-refractivity contribution in [3.05, 3.63) is 23.1 Å². The van der Waals surface area contributed by atoms with Crippen LogP contribution in [-0.4, -0.2) is 23.9 Å². The molecule has 1 amide bonds. The normalized spacial score (nSPS) is 10.7. The van der Waals surface area contributed by atoms with Crippen LogP contribution in [0.2, 0.25) is 5.22 Å². The molecule has 108 valence electrons. The molecular formula is C15H24ClNO2. The molecule has 4 heteroatoms. The summed E-state index contributed by atoms with van der Waals surface area (Å²) in [7, 11) is 0. The van der Waals surface area contributed by atoms with Crippen molar-refractivity contribution in [2.45, 2.75) is 52.4 Å². The second-order valence-electron chi connectivity index (χ2n) is 4.81. The van der Waals surface area contributed by atoms with Crippen LogP contribution >= 0.6 is 11.6 Å². The van der Waals surface area contributed by atoms with Crippen molar-refractivity contribution in [3.8, 4) is 0 Å². The molecule has 0 aliphatic carbocycles. The SMILES string of the molecule is CCCCCN(CCCCC)C(=O)c1ccoc1Cl. The van der Waals surface area contributed by atoms with Gasteiger partial charge in [-0.15, -0.1) is 0 Å². The second kappa shape index (κ2) is 9.03. The summed E-state index contributed by atoms with van der Waals surface area (Å²) in [4.78, 5) is 14.3. The van der Waals surface area contributed by atoms with Crippen LogP contribution in [0, 0.1) is 0 Å². The van der Waals surface area contributed by atoms with E-state index in [0.29, 0.717) is 5.56 Å². The lowest BCUT2D eigenvalue weighted by Gasteiger charge is -2.22. The van der Waals surface area contributed by atoms with Crippen molar-refractivity contribution in [2.75, 3.05) is 13.1 Å². The van der Waals surface area contributed by atoms with E-state index in [-0.39, 0.29) is 11.1 Å². The quantitative estimate of drug-likeness (QED) is 0.613. The first kappa shape index (κ1) is 16.1. The summed E-state index contributed by atoms with van der Waals surface area (Å²) in [6, 6.07) is 1.65. The average Bonchev–Trinajstić information content (AvgIpc) is 2.83. The van der Waals surface area contributed by atoms with Gasteiger partial charge in [0.05, 0.1) is 11.8 Å². The monoisotopic (exact) mass is 285 g/mol. The van der Waals surface area contributed by atoms with Crippen molar-refractivity contribution in [1.82, 2.24) is 4.90 Å². The fourth-order valence-electron chi connectivity index (χ4n) is 2.04. The zero-order valence-electron chi connectivity index (χ0n) is 12.0. The van der Waals surface area contributed by atoms with Gasteiger partial charge in [0.1, 0.15) is 0 Å². The van der Waals surface area contributed by atoms with Crippen molar-refractivity contribution in [2.24, 2.45) is 0 Å². The molecule has 0 N–H and O–H groups in total. The third-order valence-electron chi connectivity index (χ3n) is 3.20. The van der Waals surface area contributed by atoms with Crippen molar-refractivity contribution >= 4 is 17.5 Å². The highest BCUT2D eigenvalue weighted by Crippen LogP contribution is 2.19. The number of hydrogen-bond acceptors (Lipinski definition) is 2. The zero-order valence-corrected chi connectivity index (χ0v) is 12.7. The first-order chi connectivity index (χ1) is 9.20. The summed E-state index contributed by atoms with van der Waals surface area (Å²) in [5.74, 6) is -0.00837. The van der Waals surface area contributed by atoms with Crippen LogP contribution in [0.15, 0.2) is 16.7 Å². The lowest BCUT2D eigenvalue weighted by Crippen LogP contribution is -2.33. The summed E-state index contributed by atoms with van der Waals surface area (Å²) in [6.07, 6.45) is 8.17. The van der Waals surface area contributed by atoms with Crippen LogP contribution in [0.1, 0.15) is 62.7 Å².